The van der Waals surface area contributed by atoms with E-state index in [4.69, 9.17) is 4.43 Å². The zero-order valence-electron chi connectivity index (χ0n) is 19.2. The number of allylic oxidation sites excluding steroid dienone is 3. The summed E-state index contributed by atoms with van der Waals surface area (Å²) >= 11 is 0. The van der Waals surface area contributed by atoms with Crippen molar-refractivity contribution in [3.8, 4) is 0 Å². The first kappa shape index (κ1) is 23.4. The summed E-state index contributed by atoms with van der Waals surface area (Å²) in [7, 11) is -2.43. The Morgan fingerprint density at radius 2 is 1.34 bits per heavy atom. The molecule has 0 saturated heterocycles. The lowest BCUT2D eigenvalue weighted by molar-refractivity contribution is 0.338. The van der Waals surface area contributed by atoms with Crippen molar-refractivity contribution in [1.29, 1.82) is 0 Å². The van der Waals surface area contributed by atoms with E-state index in [0.29, 0.717) is 6.61 Å². The van der Waals surface area contributed by atoms with Crippen LogP contribution in [0, 0.1) is 0 Å². The van der Waals surface area contributed by atoms with E-state index < -0.39 is 8.32 Å². The molecular weight excluding hydrogens is 368 g/mol. The van der Waals surface area contributed by atoms with E-state index in [1.54, 1.807) is 0 Å². The molecule has 0 N–H and O–H groups in total. The highest BCUT2D eigenvalue weighted by molar-refractivity contribution is 6.99. The molecule has 0 bridgehead atoms. The van der Waals surface area contributed by atoms with Crippen molar-refractivity contribution in [2.24, 2.45) is 0 Å². The predicted octanol–water partition coefficient (Wildman–Crippen LogP) is 6.65. The van der Waals surface area contributed by atoms with E-state index in [-0.39, 0.29) is 5.04 Å². The molecule has 0 heterocycles. The van der Waals surface area contributed by atoms with Crippen molar-refractivity contribution in [1.82, 2.24) is 0 Å². The standard InChI is InChI=1S/C27H38OSi/c1-7-23(2)15-14-16-24(3)21-22-28-29(27(4,5)6,25-17-10-8-11-18-25)26-19-12-9-13-20-26/h8-13,15,17-21H,7,14,16,22H2,1-6H3/b23-15-,24-21-. The van der Waals surface area contributed by atoms with Crippen LogP contribution in [-0.4, -0.2) is 14.9 Å². The van der Waals surface area contributed by atoms with Crippen LogP contribution < -0.4 is 10.4 Å². The fourth-order valence-corrected chi connectivity index (χ4v) is 8.35. The minimum atomic E-state index is -2.43. The van der Waals surface area contributed by atoms with Crippen LogP contribution in [0.5, 0.6) is 0 Å². The van der Waals surface area contributed by atoms with E-state index in [1.165, 1.54) is 21.5 Å². The van der Waals surface area contributed by atoms with Crippen molar-refractivity contribution in [2.45, 2.75) is 65.8 Å². The van der Waals surface area contributed by atoms with Crippen LogP contribution in [0.15, 0.2) is 84.0 Å². The summed E-state index contributed by atoms with van der Waals surface area (Å²) in [6.07, 6.45) is 8.00. The molecule has 0 radical (unpaired) electrons. The summed E-state index contributed by atoms with van der Waals surface area (Å²) in [6, 6.07) is 21.7. The molecule has 0 spiro atoms. The lowest BCUT2D eigenvalue weighted by Gasteiger charge is -2.42. The lowest BCUT2D eigenvalue weighted by Crippen LogP contribution is -2.66. The van der Waals surface area contributed by atoms with Crippen molar-refractivity contribution in [3.05, 3.63) is 84.0 Å². The largest absolute Gasteiger partial charge is 0.404 e. The second-order valence-corrected chi connectivity index (χ2v) is 13.3. The van der Waals surface area contributed by atoms with E-state index in [2.05, 4.69) is 114 Å². The maximum absolute atomic E-state index is 6.93. The third-order valence-electron chi connectivity index (χ3n) is 5.74. The van der Waals surface area contributed by atoms with Crippen molar-refractivity contribution >= 4 is 18.7 Å². The van der Waals surface area contributed by atoms with Gasteiger partial charge in [-0.1, -0.05) is 112 Å². The molecule has 2 aromatic rings. The quantitative estimate of drug-likeness (QED) is 0.335. The van der Waals surface area contributed by atoms with E-state index in [0.717, 1.165) is 19.3 Å². The lowest BCUT2D eigenvalue weighted by atomic mass is 10.1. The van der Waals surface area contributed by atoms with Gasteiger partial charge in [0.05, 0.1) is 6.61 Å². The molecule has 2 heteroatoms. The molecule has 0 atom stereocenters. The second-order valence-electron chi connectivity index (χ2n) is 8.97. The molecule has 0 saturated carbocycles. The fraction of sp³-hybridized carbons (Fsp3) is 0.407. The first-order valence-electron chi connectivity index (χ1n) is 10.9. The first-order chi connectivity index (χ1) is 13.8. The van der Waals surface area contributed by atoms with Crippen LogP contribution in [0.3, 0.4) is 0 Å². The monoisotopic (exact) mass is 406 g/mol. The molecule has 0 amide bonds. The summed E-state index contributed by atoms with van der Waals surface area (Å²) in [6.45, 7) is 14.3. The van der Waals surface area contributed by atoms with Crippen LogP contribution in [-0.2, 0) is 4.43 Å². The molecule has 0 aromatic heterocycles. The Hall–Kier alpha value is -1.90. The third-order valence-corrected chi connectivity index (χ3v) is 10.7. The zero-order chi connectivity index (χ0) is 21.3. The van der Waals surface area contributed by atoms with Crippen molar-refractivity contribution < 1.29 is 4.43 Å². The zero-order valence-corrected chi connectivity index (χ0v) is 20.2. The average molecular weight is 407 g/mol. The number of hydrogen-bond donors (Lipinski definition) is 0. The van der Waals surface area contributed by atoms with Crippen LogP contribution in [0.25, 0.3) is 0 Å². The van der Waals surface area contributed by atoms with Crippen molar-refractivity contribution in [2.75, 3.05) is 6.61 Å². The highest BCUT2D eigenvalue weighted by Gasteiger charge is 2.49. The van der Waals surface area contributed by atoms with Gasteiger partial charge >= 0.3 is 0 Å². The highest BCUT2D eigenvalue weighted by Crippen LogP contribution is 2.36. The number of benzene rings is 2. The maximum atomic E-state index is 6.93. The fourth-order valence-electron chi connectivity index (χ4n) is 3.86. The van der Waals surface area contributed by atoms with Crippen LogP contribution in [0.4, 0.5) is 0 Å². The molecule has 0 unspecified atom stereocenters. The van der Waals surface area contributed by atoms with E-state index in [1.807, 2.05) is 0 Å². The van der Waals surface area contributed by atoms with Gasteiger partial charge in [-0.05, 0) is 48.5 Å². The summed E-state index contributed by atoms with van der Waals surface area (Å²) in [4.78, 5) is 0. The summed E-state index contributed by atoms with van der Waals surface area (Å²) in [5.74, 6) is 0. The summed E-state index contributed by atoms with van der Waals surface area (Å²) < 4.78 is 6.93. The Kier molecular flexibility index (Phi) is 8.67. The first-order valence-corrected chi connectivity index (χ1v) is 12.8. The molecule has 0 aliphatic heterocycles. The Labute approximate surface area is 179 Å². The van der Waals surface area contributed by atoms with Crippen molar-refractivity contribution in [3.63, 3.8) is 0 Å². The molecule has 2 aromatic carbocycles. The van der Waals surface area contributed by atoms with Gasteiger partial charge < -0.3 is 4.43 Å². The van der Waals surface area contributed by atoms with Gasteiger partial charge in [0.1, 0.15) is 0 Å². The molecule has 0 aliphatic rings. The number of rotatable bonds is 9. The Balaban J connectivity index is 2.31. The molecule has 2 rings (SSSR count). The topological polar surface area (TPSA) is 9.23 Å². The average Bonchev–Trinajstić information content (AvgIpc) is 2.71. The molecule has 0 aliphatic carbocycles. The van der Waals surface area contributed by atoms with Gasteiger partial charge in [-0.15, -0.1) is 0 Å². The smallest absolute Gasteiger partial charge is 0.261 e. The molecule has 0 fully saturated rings. The van der Waals surface area contributed by atoms with Gasteiger partial charge in [0, 0.05) is 0 Å². The van der Waals surface area contributed by atoms with Crippen LogP contribution in [0.2, 0.25) is 5.04 Å². The van der Waals surface area contributed by atoms with Gasteiger partial charge in [-0.25, -0.2) is 0 Å². The third kappa shape index (κ3) is 6.04. The Morgan fingerprint density at radius 1 is 0.828 bits per heavy atom. The molecule has 1 nitrogen and oxygen atoms in total. The molecule has 156 valence electrons. The second kappa shape index (κ2) is 10.8. The van der Waals surface area contributed by atoms with Crippen LogP contribution >= 0.6 is 0 Å². The van der Waals surface area contributed by atoms with Gasteiger partial charge in [0.15, 0.2) is 0 Å². The molecule has 29 heavy (non-hydrogen) atoms. The summed E-state index contributed by atoms with van der Waals surface area (Å²) in [5, 5.41) is 2.70. The number of hydrogen-bond acceptors (Lipinski definition) is 1. The SMILES string of the molecule is CC/C(C)=C\CC/C(C)=C\CO[Si](c1ccccc1)(c1ccccc1)C(C)(C)C. The molecular formula is C27H38OSi. The van der Waals surface area contributed by atoms with Gasteiger partial charge in [-0.2, -0.15) is 0 Å². The van der Waals surface area contributed by atoms with Gasteiger partial charge in [0.2, 0.25) is 0 Å². The highest BCUT2D eigenvalue weighted by atomic mass is 28.4. The van der Waals surface area contributed by atoms with Gasteiger partial charge in [-0.3, -0.25) is 0 Å². The Bertz CT molecular complexity index is 758. The normalized spacial score (nSPS) is 13.6. The minimum Gasteiger partial charge on any atom is -0.404 e. The van der Waals surface area contributed by atoms with Gasteiger partial charge in [0.25, 0.3) is 8.32 Å². The van der Waals surface area contributed by atoms with Crippen LogP contribution in [0.1, 0.15) is 60.8 Å². The summed E-state index contributed by atoms with van der Waals surface area (Å²) in [5.41, 5.74) is 2.88. The van der Waals surface area contributed by atoms with E-state index >= 15 is 0 Å². The van der Waals surface area contributed by atoms with E-state index in [9.17, 15) is 0 Å². The maximum Gasteiger partial charge on any atom is 0.261 e. The predicted molar refractivity (Wildman–Crippen MR) is 131 cm³/mol. The minimum absolute atomic E-state index is 0.0262. The Morgan fingerprint density at radius 3 is 1.79 bits per heavy atom.